The first-order valence-corrected chi connectivity index (χ1v) is 8.00. The molecule has 0 atom stereocenters. The van der Waals surface area contributed by atoms with Crippen LogP contribution < -0.4 is 4.74 Å². The molecule has 0 amide bonds. The number of carbonyl (C=O) groups is 1. The molecule has 0 fully saturated rings. The Hall–Kier alpha value is -2.55. The molecule has 2 aromatic rings. The Labute approximate surface area is 143 Å². The van der Waals surface area contributed by atoms with Crippen LogP contribution in [0.4, 0.5) is 0 Å². The van der Waals surface area contributed by atoms with Crippen LogP contribution in [0, 0.1) is 12.3 Å². The van der Waals surface area contributed by atoms with Crippen LogP contribution in [-0.2, 0) is 11.4 Å². The highest BCUT2D eigenvalue weighted by Crippen LogP contribution is 2.29. The molecule has 0 bridgehead atoms. The van der Waals surface area contributed by atoms with Gasteiger partial charge < -0.3 is 9.84 Å². The van der Waals surface area contributed by atoms with Crippen molar-refractivity contribution in [2.24, 2.45) is 5.41 Å². The number of benzene rings is 2. The molecule has 0 saturated carbocycles. The van der Waals surface area contributed by atoms with Crippen molar-refractivity contribution >= 4 is 12.0 Å². The zero-order chi connectivity index (χ0) is 17.7. The van der Waals surface area contributed by atoms with E-state index in [1.165, 1.54) is 0 Å². The van der Waals surface area contributed by atoms with Gasteiger partial charge in [-0.25, -0.2) is 4.79 Å². The third kappa shape index (κ3) is 4.72. The number of aryl methyl sites for hydroxylation is 1. The van der Waals surface area contributed by atoms with Gasteiger partial charge in [0.25, 0.3) is 0 Å². The highest BCUT2D eigenvalue weighted by molar-refractivity contribution is 5.93. The highest BCUT2D eigenvalue weighted by atomic mass is 16.5. The third-order valence-corrected chi connectivity index (χ3v) is 3.84. The summed E-state index contributed by atoms with van der Waals surface area (Å²) in [7, 11) is 0. The van der Waals surface area contributed by atoms with E-state index in [0.717, 1.165) is 22.4 Å². The Morgan fingerprint density at radius 2 is 1.79 bits per heavy atom. The summed E-state index contributed by atoms with van der Waals surface area (Å²) >= 11 is 0. The van der Waals surface area contributed by atoms with Crippen LogP contribution >= 0.6 is 0 Å². The normalized spacial score (nSPS) is 12.1. The summed E-state index contributed by atoms with van der Waals surface area (Å²) in [5, 5.41) is 9.48. The Kier molecular flexibility index (Phi) is 5.45. The van der Waals surface area contributed by atoms with Crippen molar-refractivity contribution in [3.63, 3.8) is 0 Å². The molecular weight excluding hydrogens is 300 g/mol. The van der Waals surface area contributed by atoms with Crippen molar-refractivity contribution in [2.75, 3.05) is 0 Å². The lowest BCUT2D eigenvalue weighted by Crippen LogP contribution is -2.17. The predicted octanol–water partition coefficient (Wildman–Crippen LogP) is 5.09. The van der Waals surface area contributed by atoms with Gasteiger partial charge in [-0.2, -0.15) is 0 Å². The van der Waals surface area contributed by atoms with Crippen molar-refractivity contribution in [2.45, 2.75) is 34.3 Å². The topological polar surface area (TPSA) is 46.5 Å². The summed E-state index contributed by atoms with van der Waals surface area (Å²) in [6.45, 7) is 8.15. The van der Waals surface area contributed by atoms with Gasteiger partial charge in [-0.05, 0) is 47.2 Å². The summed E-state index contributed by atoms with van der Waals surface area (Å²) in [4.78, 5) is 11.6. The van der Waals surface area contributed by atoms with Gasteiger partial charge in [-0.1, -0.05) is 57.2 Å². The van der Waals surface area contributed by atoms with Gasteiger partial charge >= 0.3 is 5.97 Å². The SMILES string of the molecule is Cc1ccc(OCc2ccccc2)cc1C=C(C(=O)O)C(C)(C)C. The lowest BCUT2D eigenvalue weighted by Gasteiger charge is -2.20. The van der Waals surface area contributed by atoms with Gasteiger partial charge in [0, 0.05) is 5.57 Å². The molecule has 0 aliphatic carbocycles. The maximum absolute atomic E-state index is 11.6. The van der Waals surface area contributed by atoms with Crippen LogP contribution in [-0.4, -0.2) is 11.1 Å². The summed E-state index contributed by atoms with van der Waals surface area (Å²) in [6, 6.07) is 15.7. The molecule has 2 rings (SSSR count). The van der Waals surface area contributed by atoms with Gasteiger partial charge in [-0.3, -0.25) is 0 Å². The average molecular weight is 324 g/mol. The molecule has 0 aromatic heterocycles. The van der Waals surface area contributed by atoms with Crippen molar-refractivity contribution in [1.82, 2.24) is 0 Å². The molecule has 0 aliphatic heterocycles. The van der Waals surface area contributed by atoms with Crippen LogP contribution in [0.5, 0.6) is 5.75 Å². The molecule has 0 unspecified atom stereocenters. The van der Waals surface area contributed by atoms with Crippen LogP contribution in [0.3, 0.4) is 0 Å². The molecule has 0 saturated heterocycles. The quantitative estimate of drug-likeness (QED) is 0.779. The number of hydrogen-bond donors (Lipinski definition) is 1. The van der Waals surface area contributed by atoms with Gasteiger partial charge in [0.15, 0.2) is 0 Å². The van der Waals surface area contributed by atoms with E-state index >= 15 is 0 Å². The minimum absolute atomic E-state index is 0.380. The highest BCUT2D eigenvalue weighted by Gasteiger charge is 2.23. The summed E-state index contributed by atoms with van der Waals surface area (Å²) in [6.07, 6.45) is 1.74. The van der Waals surface area contributed by atoms with E-state index in [4.69, 9.17) is 4.74 Å². The first kappa shape index (κ1) is 17.8. The summed E-state index contributed by atoms with van der Waals surface area (Å²) in [5.41, 5.74) is 2.93. The van der Waals surface area contributed by atoms with E-state index in [0.29, 0.717) is 12.2 Å². The fourth-order valence-electron chi connectivity index (χ4n) is 2.36. The fraction of sp³-hybridized carbons (Fsp3) is 0.286. The van der Waals surface area contributed by atoms with Gasteiger partial charge in [-0.15, -0.1) is 0 Å². The molecule has 0 heterocycles. The van der Waals surface area contributed by atoms with Crippen LogP contribution in [0.15, 0.2) is 54.1 Å². The molecule has 3 heteroatoms. The molecule has 126 valence electrons. The molecule has 0 radical (unpaired) electrons. The molecule has 3 nitrogen and oxygen atoms in total. The number of rotatable bonds is 5. The number of carboxylic acids is 1. The molecule has 2 aromatic carbocycles. The predicted molar refractivity (Wildman–Crippen MR) is 97.0 cm³/mol. The standard InChI is InChI=1S/C21H24O3/c1-15-10-11-18(24-14-16-8-6-5-7-9-16)12-17(15)13-19(20(22)23)21(2,3)4/h5-13H,14H2,1-4H3,(H,22,23). The first-order chi connectivity index (χ1) is 11.3. The van der Waals surface area contributed by atoms with E-state index < -0.39 is 11.4 Å². The fourth-order valence-corrected chi connectivity index (χ4v) is 2.36. The number of aliphatic carboxylic acids is 1. The zero-order valence-corrected chi connectivity index (χ0v) is 14.7. The van der Waals surface area contributed by atoms with Gasteiger partial charge in [0.2, 0.25) is 0 Å². The van der Waals surface area contributed by atoms with Crippen molar-refractivity contribution in [3.8, 4) is 5.75 Å². The minimum atomic E-state index is -0.891. The first-order valence-electron chi connectivity index (χ1n) is 8.00. The smallest absolute Gasteiger partial charge is 0.332 e. The van der Waals surface area contributed by atoms with Gasteiger partial charge in [0.1, 0.15) is 12.4 Å². The van der Waals surface area contributed by atoms with Crippen LogP contribution in [0.2, 0.25) is 0 Å². The van der Waals surface area contributed by atoms with Crippen LogP contribution in [0.1, 0.15) is 37.5 Å². The van der Waals surface area contributed by atoms with Crippen LogP contribution in [0.25, 0.3) is 6.08 Å². The average Bonchev–Trinajstić information content (AvgIpc) is 2.52. The van der Waals surface area contributed by atoms with E-state index in [1.807, 2.05) is 76.2 Å². The molecule has 0 spiro atoms. The van der Waals surface area contributed by atoms with Gasteiger partial charge in [0.05, 0.1) is 0 Å². The monoisotopic (exact) mass is 324 g/mol. The van der Waals surface area contributed by atoms with Crippen molar-refractivity contribution < 1.29 is 14.6 Å². The van der Waals surface area contributed by atoms with E-state index in [1.54, 1.807) is 6.08 Å². The zero-order valence-electron chi connectivity index (χ0n) is 14.7. The molecular formula is C21H24O3. The van der Waals surface area contributed by atoms with E-state index in [-0.39, 0.29) is 0 Å². The molecule has 24 heavy (non-hydrogen) atoms. The second kappa shape index (κ2) is 7.35. The molecule has 1 N–H and O–H groups in total. The maximum Gasteiger partial charge on any atom is 0.332 e. The third-order valence-electron chi connectivity index (χ3n) is 3.84. The lowest BCUT2D eigenvalue weighted by molar-refractivity contribution is -0.133. The molecule has 0 aliphatic rings. The number of hydrogen-bond acceptors (Lipinski definition) is 2. The Bertz CT molecular complexity index is 737. The van der Waals surface area contributed by atoms with E-state index in [9.17, 15) is 9.90 Å². The Balaban J connectivity index is 2.26. The second-order valence-corrected chi connectivity index (χ2v) is 6.91. The van der Waals surface area contributed by atoms with Crippen molar-refractivity contribution in [3.05, 3.63) is 70.8 Å². The summed E-state index contributed by atoms with van der Waals surface area (Å²) < 4.78 is 5.84. The Morgan fingerprint density at radius 1 is 1.12 bits per heavy atom. The lowest BCUT2D eigenvalue weighted by atomic mass is 9.85. The Morgan fingerprint density at radius 3 is 2.38 bits per heavy atom. The van der Waals surface area contributed by atoms with Crippen molar-refractivity contribution in [1.29, 1.82) is 0 Å². The summed E-state index contributed by atoms with van der Waals surface area (Å²) in [5.74, 6) is -0.160. The maximum atomic E-state index is 11.6. The minimum Gasteiger partial charge on any atom is -0.489 e. The number of carboxylic acid groups (broad SMARTS) is 1. The van der Waals surface area contributed by atoms with E-state index in [2.05, 4.69) is 0 Å². The second-order valence-electron chi connectivity index (χ2n) is 6.91. The number of ether oxygens (including phenoxy) is 1. The largest absolute Gasteiger partial charge is 0.489 e.